The Kier molecular flexibility index (Phi) is 14.8. The molecule has 0 bridgehead atoms. The Bertz CT molecular complexity index is 2890. The summed E-state index contributed by atoms with van der Waals surface area (Å²) in [4.78, 5) is 43.9. The Labute approximate surface area is 420 Å². The zero-order valence-electron chi connectivity index (χ0n) is 41.5. The zero-order chi connectivity index (χ0) is 51.0. The standard InChI is InChI=1S/C52H67FN10O8S/c1-5-70-50-46(26-41-42(53)31-57-47(41)58-50)71-45-24-35(10-11-40(45)49(64)59-72(68,69)37-25-43(63(66)67)48(56-30-37)55-29-34-12-14-51(4,65)15-13-34)61-19-16-52(17-20-61)27-36(28-52)62-23-22-60(21-18-54)32-44(62)39-9-7-6-8-38(39)33(2)3/h6-11,24-26,30-31,33-34,36,44,65H,5,12-23,27-29,32,54H2,1-4H3,(H,55,56)(H,57,58)(H,59,64)/t34?,44-,51?/m0/s1. The molecule has 20 heteroatoms. The summed E-state index contributed by atoms with van der Waals surface area (Å²) in [5.41, 5.74) is 8.47. The van der Waals surface area contributed by atoms with E-state index in [1.54, 1.807) is 26.0 Å². The van der Waals surface area contributed by atoms with Crippen LogP contribution in [0.2, 0.25) is 0 Å². The van der Waals surface area contributed by atoms with Crippen molar-refractivity contribution in [2.24, 2.45) is 17.1 Å². The molecule has 2 saturated carbocycles. The number of fused-ring (bicyclic) bond motifs is 1. The maximum absolute atomic E-state index is 14.9. The summed E-state index contributed by atoms with van der Waals surface area (Å²) in [6.45, 7) is 14.5. The number of H-pyrrole nitrogens is 1. The topological polar surface area (TPSA) is 234 Å². The van der Waals surface area contributed by atoms with E-state index < -0.39 is 42.9 Å². The Hall–Kier alpha value is -5.93. The van der Waals surface area contributed by atoms with Crippen LogP contribution in [0.15, 0.2) is 71.9 Å². The summed E-state index contributed by atoms with van der Waals surface area (Å²) in [6, 6.07) is 16.8. The molecule has 2 aromatic carbocycles. The van der Waals surface area contributed by atoms with Gasteiger partial charge in [-0.2, -0.15) is 4.98 Å². The van der Waals surface area contributed by atoms with Crippen molar-refractivity contribution < 1.29 is 37.1 Å². The van der Waals surface area contributed by atoms with E-state index in [9.17, 15) is 32.8 Å². The average molecular weight is 1010 g/mol. The number of rotatable bonds is 17. The summed E-state index contributed by atoms with van der Waals surface area (Å²) in [6.07, 6.45) is 8.86. The van der Waals surface area contributed by atoms with Crippen LogP contribution in [0.1, 0.15) is 113 Å². The van der Waals surface area contributed by atoms with Crippen molar-refractivity contribution in [2.75, 3.05) is 69.2 Å². The van der Waals surface area contributed by atoms with E-state index in [1.807, 2.05) is 0 Å². The van der Waals surface area contributed by atoms with Gasteiger partial charge in [0.25, 0.3) is 21.8 Å². The minimum atomic E-state index is -4.74. The fourth-order valence-corrected chi connectivity index (χ4v) is 12.3. The van der Waals surface area contributed by atoms with Crippen LogP contribution >= 0.6 is 0 Å². The van der Waals surface area contributed by atoms with Crippen molar-refractivity contribution in [2.45, 2.75) is 108 Å². The number of ether oxygens (including phenoxy) is 2. The number of halogens is 1. The van der Waals surface area contributed by atoms with Crippen molar-refractivity contribution in [1.82, 2.24) is 29.5 Å². The first-order valence-corrected chi connectivity index (χ1v) is 26.8. The minimum Gasteiger partial charge on any atom is -0.475 e. The van der Waals surface area contributed by atoms with Crippen LogP contribution in [0.3, 0.4) is 0 Å². The molecule has 18 nitrogen and oxygen atoms in total. The molecule has 1 amide bonds. The van der Waals surface area contributed by atoms with Crippen LogP contribution in [0.5, 0.6) is 17.4 Å². The predicted octanol–water partition coefficient (Wildman–Crippen LogP) is 7.86. The van der Waals surface area contributed by atoms with Gasteiger partial charge in [0.15, 0.2) is 5.75 Å². The number of carbonyl (C=O) groups is 1. The van der Waals surface area contributed by atoms with Gasteiger partial charge in [0.2, 0.25) is 5.82 Å². The fraction of sp³-hybridized carbons (Fsp3) is 0.519. The van der Waals surface area contributed by atoms with Crippen molar-refractivity contribution in [3.63, 3.8) is 0 Å². The molecule has 6 N–H and O–H groups in total. The van der Waals surface area contributed by atoms with E-state index >= 15 is 0 Å². The van der Waals surface area contributed by atoms with Gasteiger partial charge in [-0.1, -0.05) is 38.1 Å². The van der Waals surface area contributed by atoms with Gasteiger partial charge < -0.3 is 35.5 Å². The summed E-state index contributed by atoms with van der Waals surface area (Å²) in [5, 5.41) is 25.7. The number of anilines is 2. The Balaban J connectivity index is 0.936. The minimum absolute atomic E-state index is 0.00489. The molecule has 2 saturated heterocycles. The SMILES string of the molecule is CCOc1nc2[nH]cc(F)c2cc1Oc1cc(N2CCC3(CC2)CC(N2CCN(CCN)C[C@H]2c2ccccc2C(C)C)C3)ccc1C(=O)NS(=O)(=O)c1cnc(NCC2CCC(C)(O)CC2)c([N+](=O)[O-])c1. The quantitative estimate of drug-likeness (QED) is 0.0441. The number of aliphatic hydroxyl groups is 1. The molecular formula is C52H67FN10O8S. The molecule has 5 aromatic rings. The number of sulfonamides is 1. The van der Waals surface area contributed by atoms with Gasteiger partial charge in [0, 0.05) is 94.5 Å². The third kappa shape index (κ3) is 10.9. The molecular weight excluding hydrogens is 944 g/mol. The number of aromatic nitrogens is 3. The first-order valence-electron chi connectivity index (χ1n) is 25.3. The summed E-state index contributed by atoms with van der Waals surface area (Å²) < 4.78 is 56.9. The molecule has 0 unspecified atom stereocenters. The first kappa shape index (κ1) is 51.0. The maximum Gasteiger partial charge on any atom is 0.312 e. The van der Waals surface area contributed by atoms with Crippen molar-refractivity contribution in [3.05, 3.63) is 99.6 Å². The monoisotopic (exact) mass is 1010 g/mol. The first-order chi connectivity index (χ1) is 34.4. The number of aromatic amines is 1. The third-order valence-corrected chi connectivity index (χ3v) is 16.8. The number of benzene rings is 2. The molecule has 2 aliphatic heterocycles. The second kappa shape index (κ2) is 20.9. The van der Waals surface area contributed by atoms with E-state index in [-0.39, 0.29) is 57.7 Å². The molecule has 4 aliphatic rings. The van der Waals surface area contributed by atoms with Gasteiger partial charge in [-0.15, -0.1) is 0 Å². The Morgan fingerprint density at radius 1 is 1.06 bits per heavy atom. The van der Waals surface area contributed by atoms with Crippen LogP contribution in [-0.2, 0) is 10.0 Å². The van der Waals surface area contributed by atoms with Crippen LogP contribution in [0, 0.1) is 27.3 Å². The lowest BCUT2D eigenvalue weighted by molar-refractivity contribution is -0.384. The van der Waals surface area contributed by atoms with E-state index in [2.05, 4.69) is 77.8 Å². The van der Waals surface area contributed by atoms with Crippen LogP contribution in [0.4, 0.5) is 21.6 Å². The van der Waals surface area contributed by atoms with Crippen LogP contribution < -0.4 is 30.1 Å². The molecule has 9 rings (SSSR count). The number of hydrogen-bond acceptors (Lipinski definition) is 15. The van der Waals surface area contributed by atoms with Crippen LogP contribution in [-0.4, -0.2) is 120 Å². The second-order valence-corrected chi connectivity index (χ2v) is 22.4. The van der Waals surface area contributed by atoms with E-state index in [0.29, 0.717) is 56.8 Å². The number of carbonyl (C=O) groups excluding carboxylic acids is 1. The van der Waals surface area contributed by atoms with E-state index in [0.717, 1.165) is 89.1 Å². The molecule has 1 spiro atoms. The highest BCUT2D eigenvalue weighted by Crippen LogP contribution is 2.53. The second-order valence-electron chi connectivity index (χ2n) is 20.8. The third-order valence-electron chi connectivity index (χ3n) is 15.5. The zero-order valence-corrected chi connectivity index (χ0v) is 42.3. The number of hydrogen-bond donors (Lipinski definition) is 5. The van der Waals surface area contributed by atoms with E-state index in [1.165, 1.54) is 23.3 Å². The van der Waals surface area contributed by atoms with Crippen molar-refractivity contribution in [3.8, 4) is 17.4 Å². The fourth-order valence-electron chi connectivity index (χ4n) is 11.3. The molecule has 1 atom stereocenters. The van der Waals surface area contributed by atoms with Crippen molar-refractivity contribution >= 4 is 44.2 Å². The highest BCUT2D eigenvalue weighted by atomic mass is 32.2. The molecule has 4 fully saturated rings. The molecule has 3 aromatic heterocycles. The molecule has 386 valence electrons. The maximum atomic E-state index is 14.9. The highest BCUT2D eigenvalue weighted by Gasteiger charge is 2.50. The lowest BCUT2D eigenvalue weighted by atomic mass is 9.59. The number of nitrogens with two attached hydrogens (primary N) is 1. The number of amides is 1. The number of piperidine rings is 1. The lowest BCUT2D eigenvalue weighted by Crippen LogP contribution is -2.60. The lowest BCUT2D eigenvalue weighted by Gasteiger charge is -2.58. The van der Waals surface area contributed by atoms with E-state index in [4.69, 9.17) is 15.2 Å². The number of pyridine rings is 2. The van der Waals surface area contributed by atoms with Crippen LogP contribution in [0.25, 0.3) is 11.0 Å². The largest absolute Gasteiger partial charge is 0.475 e. The predicted molar refractivity (Wildman–Crippen MR) is 273 cm³/mol. The Morgan fingerprint density at radius 2 is 1.81 bits per heavy atom. The Morgan fingerprint density at radius 3 is 2.51 bits per heavy atom. The van der Waals surface area contributed by atoms with Gasteiger partial charge in [-0.3, -0.25) is 24.7 Å². The van der Waals surface area contributed by atoms with Gasteiger partial charge in [-0.25, -0.2) is 22.5 Å². The molecule has 72 heavy (non-hydrogen) atoms. The average Bonchev–Trinajstić information content (AvgIpc) is 3.71. The van der Waals surface area contributed by atoms with Gasteiger partial charge in [0.1, 0.15) is 22.1 Å². The number of nitrogens with zero attached hydrogens (tertiary/aromatic N) is 6. The highest BCUT2D eigenvalue weighted by molar-refractivity contribution is 7.90. The normalized spacial score (nSPS) is 22.0. The number of nitro groups is 1. The van der Waals surface area contributed by atoms with Gasteiger partial charge in [0.05, 0.1) is 34.3 Å². The van der Waals surface area contributed by atoms with Gasteiger partial charge in [-0.05, 0) is 106 Å². The van der Waals surface area contributed by atoms with Gasteiger partial charge >= 0.3 is 5.69 Å². The number of piperazine rings is 1. The molecule has 5 heterocycles. The molecule has 0 radical (unpaired) electrons. The smallest absolute Gasteiger partial charge is 0.312 e. The van der Waals surface area contributed by atoms with Crippen molar-refractivity contribution in [1.29, 1.82) is 0 Å². The number of nitrogens with one attached hydrogen (secondary N) is 3. The molecule has 2 aliphatic carbocycles. The summed E-state index contributed by atoms with van der Waals surface area (Å²) >= 11 is 0. The summed E-state index contributed by atoms with van der Waals surface area (Å²) in [7, 11) is -4.74. The summed E-state index contributed by atoms with van der Waals surface area (Å²) in [5.74, 6) is -1.26.